The molecule has 0 bridgehead atoms. The fraction of sp³-hybridized carbons (Fsp3) is 0.429. The number of rotatable bonds is 2. The molecule has 1 aromatic carbocycles. The zero-order chi connectivity index (χ0) is 11.8. The topological polar surface area (TPSA) is 34.1 Å². The molecule has 1 atom stereocenters. The highest BCUT2D eigenvalue weighted by molar-refractivity contribution is 6.04. The van der Waals surface area contributed by atoms with E-state index in [4.69, 9.17) is 0 Å². The molecule has 84 valence electrons. The van der Waals surface area contributed by atoms with E-state index >= 15 is 0 Å². The molecule has 0 fully saturated rings. The summed E-state index contributed by atoms with van der Waals surface area (Å²) in [6.07, 6.45) is 2.04. The van der Waals surface area contributed by atoms with E-state index in [0.717, 1.165) is 24.0 Å². The zero-order valence-corrected chi connectivity index (χ0v) is 9.75. The second-order valence-electron chi connectivity index (χ2n) is 4.93. The van der Waals surface area contributed by atoms with Gasteiger partial charge in [-0.05, 0) is 25.3 Å². The lowest BCUT2D eigenvalue weighted by atomic mass is 9.69. The zero-order valence-electron chi connectivity index (χ0n) is 9.75. The quantitative estimate of drug-likeness (QED) is 0.761. The molecule has 2 heteroatoms. The number of hydrogen-bond donors (Lipinski definition) is 0. The van der Waals surface area contributed by atoms with Crippen molar-refractivity contribution < 1.29 is 9.59 Å². The molecule has 0 heterocycles. The number of hydrogen-bond acceptors (Lipinski definition) is 2. The number of Topliss-reactive ketones (excluding diaryl/α,β-unsaturated/α-hetero) is 2. The maximum Gasteiger partial charge on any atom is 0.169 e. The van der Waals surface area contributed by atoms with Gasteiger partial charge in [0, 0.05) is 17.4 Å². The fourth-order valence-corrected chi connectivity index (χ4v) is 2.53. The lowest BCUT2D eigenvalue weighted by Gasteiger charge is -2.32. The van der Waals surface area contributed by atoms with Crippen LogP contribution in [0.3, 0.4) is 0 Å². The molecule has 1 aromatic rings. The number of ketones is 2. The Bertz CT molecular complexity index is 448. The smallest absolute Gasteiger partial charge is 0.169 e. The number of aryl methyl sites for hydroxylation is 1. The van der Waals surface area contributed by atoms with E-state index in [1.54, 1.807) is 6.92 Å². The van der Waals surface area contributed by atoms with Crippen molar-refractivity contribution in [3.63, 3.8) is 0 Å². The Morgan fingerprint density at radius 3 is 2.75 bits per heavy atom. The minimum atomic E-state index is -0.486. The van der Waals surface area contributed by atoms with Gasteiger partial charge >= 0.3 is 0 Å². The van der Waals surface area contributed by atoms with Gasteiger partial charge in [-0.3, -0.25) is 9.59 Å². The van der Waals surface area contributed by atoms with Crippen molar-refractivity contribution in [3.8, 4) is 0 Å². The third-order valence-electron chi connectivity index (χ3n) is 3.40. The van der Waals surface area contributed by atoms with Gasteiger partial charge in [0.2, 0.25) is 0 Å². The molecule has 0 saturated carbocycles. The van der Waals surface area contributed by atoms with Gasteiger partial charge in [-0.15, -0.1) is 0 Å². The summed E-state index contributed by atoms with van der Waals surface area (Å²) in [4.78, 5) is 23.5. The Balaban J connectivity index is 2.37. The summed E-state index contributed by atoms with van der Waals surface area (Å²) in [6.45, 7) is 3.46. The number of carbonyl (C=O) groups excluding carboxylic acids is 2. The van der Waals surface area contributed by atoms with Crippen LogP contribution < -0.4 is 0 Å². The van der Waals surface area contributed by atoms with Gasteiger partial charge < -0.3 is 0 Å². The lowest BCUT2D eigenvalue weighted by Crippen LogP contribution is -2.34. The summed E-state index contributed by atoms with van der Waals surface area (Å²) in [5.74, 6) is 0.222. The molecule has 1 aliphatic carbocycles. The number of carbonyl (C=O) groups is 2. The molecule has 0 amide bonds. The first-order valence-corrected chi connectivity index (χ1v) is 5.65. The van der Waals surface area contributed by atoms with Crippen LogP contribution in [-0.2, 0) is 11.2 Å². The van der Waals surface area contributed by atoms with Gasteiger partial charge in [-0.2, -0.15) is 0 Å². The largest absolute Gasteiger partial charge is 0.300 e. The minimum absolute atomic E-state index is 0.0928. The summed E-state index contributed by atoms with van der Waals surface area (Å²) < 4.78 is 0. The molecular formula is C14H16O2. The van der Waals surface area contributed by atoms with Crippen molar-refractivity contribution in [2.75, 3.05) is 0 Å². The van der Waals surface area contributed by atoms with Crippen LogP contribution in [0.5, 0.6) is 0 Å². The van der Waals surface area contributed by atoms with Crippen molar-refractivity contribution in [2.24, 2.45) is 5.41 Å². The Morgan fingerprint density at radius 1 is 1.38 bits per heavy atom. The van der Waals surface area contributed by atoms with Crippen LogP contribution in [0.15, 0.2) is 24.3 Å². The van der Waals surface area contributed by atoms with E-state index in [0.29, 0.717) is 6.42 Å². The van der Waals surface area contributed by atoms with E-state index in [-0.39, 0.29) is 11.6 Å². The Hall–Kier alpha value is -1.44. The highest BCUT2D eigenvalue weighted by atomic mass is 16.1. The number of benzene rings is 1. The first-order chi connectivity index (χ1) is 7.53. The van der Waals surface area contributed by atoms with Crippen LogP contribution in [0, 0.1) is 5.41 Å². The average Bonchev–Trinajstić information content (AvgIpc) is 2.24. The van der Waals surface area contributed by atoms with E-state index in [2.05, 4.69) is 0 Å². The summed E-state index contributed by atoms with van der Waals surface area (Å²) in [5, 5.41) is 0. The van der Waals surface area contributed by atoms with Gasteiger partial charge in [-0.1, -0.05) is 31.2 Å². The van der Waals surface area contributed by atoms with Gasteiger partial charge in [0.1, 0.15) is 5.78 Å². The Kier molecular flexibility index (Phi) is 2.66. The van der Waals surface area contributed by atoms with Crippen molar-refractivity contribution >= 4 is 11.6 Å². The normalized spacial score (nSPS) is 24.0. The molecule has 2 rings (SSSR count). The predicted molar refractivity (Wildman–Crippen MR) is 62.5 cm³/mol. The third kappa shape index (κ3) is 1.80. The Labute approximate surface area is 95.7 Å². The van der Waals surface area contributed by atoms with E-state index < -0.39 is 5.41 Å². The first kappa shape index (κ1) is 11.1. The first-order valence-electron chi connectivity index (χ1n) is 5.65. The summed E-state index contributed by atoms with van der Waals surface area (Å²) in [6, 6.07) is 7.71. The molecule has 1 aliphatic rings. The lowest BCUT2D eigenvalue weighted by molar-refractivity contribution is -0.118. The summed E-state index contributed by atoms with van der Waals surface area (Å²) in [5.41, 5.74) is 1.44. The molecule has 2 nitrogen and oxygen atoms in total. The summed E-state index contributed by atoms with van der Waals surface area (Å²) in [7, 11) is 0. The van der Waals surface area contributed by atoms with E-state index in [1.807, 2.05) is 31.2 Å². The highest BCUT2D eigenvalue weighted by Crippen LogP contribution is 2.37. The number of fused-ring (bicyclic) bond motifs is 1. The van der Waals surface area contributed by atoms with Crippen molar-refractivity contribution in [3.05, 3.63) is 35.4 Å². The predicted octanol–water partition coefficient (Wildman–Crippen LogP) is 2.80. The third-order valence-corrected chi connectivity index (χ3v) is 3.40. The molecule has 0 aromatic heterocycles. The van der Waals surface area contributed by atoms with Crippen molar-refractivity contribution in [1.82, 2.24) is 0 Å². The van der Waals surface area contributed by atoms with Crippen LogP contribution >= 0.6 is 0 Å². The van der Waals surface area contributed by atoms with Crippen LogP contribution in [0.25, 0.3) is 0 Å². The standard InChI is InChI=1S/C14H16O2/c1-10(15)9-14(2)8-7-11-5-3-4-6-12(11)13(14)16/h3-6H,7-9H2,1-2H3. The van der Waals surface area contributed by atoms with Gasteiger partial charge in [0.15, 0.2) is 5.78 Å². The molecule has 0 aliphatic heterocycles. The molecule has 0 N–H and O–H groups in total. The van der Waals surface area contributed by atoms with Crippen LogP contribution in [0.4, 0.5) is 0 Å². The van der Waals surface area contributed by atoms with Crippen molar-refractivity contribution in [1.29, 1.82) is 0 Å². The molecule has 0 saturated heterocycles. The molecule has 0 radical (unpaired) electrons. The maximum absolute atomic E-state index is 12.3. The van der Waals surface area contributed by atoms with Crippen molar-refractivity contribution in [2.45, 2.75) is 33.1 Å². The average molecular weight is 216 g/mol. The highest BCUT2D eigenvalue weighted by Gasteiger charge is 2.38. The van der Waals surface area contributed by atoms with Gasteiger partial charge in [0.05, 0.1) is 0 Å². The van der Waals surface area contributed by atoms with Gasteiger partial charge in [-0.25, -0.2) is 0 Å². The molecule has 0 spiro atoms. The second-order valence-corrected chi connectivity index (χ2v) is 4.93. The van der Waals surface area contributed by atoms with Gasteiger partial charge in [0.25, 0.3) is 0 Å². The monoisotopic (exact) mass is 216 g/mol. The second kappa shape index (κ2) is 3.85. The Morgan fingerprint density at radius 2 is 2.06 bits per heavy atom. The molecular weight excluding hydrogens is 200 g/mol. The van der Waals surface area contributed by atoms with E-state index in [1.165, 1.54) is 0 Å². The molecule has 16 heavy (non-hydrogen) atoms. The maximum atomic E-state index is 12.3. The van der Waals surface area contributed by atoms with Crippen LogP contribution in [-0.4, -0.2) is 11.6 Å². The minimum Gasteiger partial charge on any atom is -0.300 e. The summed E-state index contributed by atoms with van der Waals surface area (Å²) >= 11 is 0. The van der Waals surface area contributed by atoms with Crippen LogP contribution in [0.2, 0.25) is 0 Å². The SMILES string of the molecule is CC(=O)CC1(C)CCc2ccccc2C1=O. The van der Waals surface area contributed by atoms with E-state index in [9.17, 15) is 9.59 Å². The molecule has 1 unspecified atom stereocenters. The fourth-order valence-electron chi connectivity index (χ4n) is 2.53. The van der Waals surface area contributed by atoms with Crippen LogP contribution in [0.1, 0.15) is 42.6 Å².